The predicted molar refractivity (Wildman–Crippen MR) is 57.1 cm³/mol. The van der Waals surface area contributed by atoms with E-state index in [1.807, 2.05) is 7.05 Å². The molecule has 0 aliphatic heterocycles. The molecule has 2 rings (SSSR count). The zero-order chi connectivity index (χ0) is 11.1. The van der Waals surface area contributed by atoms with Gasteiger partial charge in [0.2, 0.25) is 0 Å². The second kappa shape index (κ2) is 3.30. The maximum Gasteiger partial charge on any atom is 0.113 e. The highest BCUT2D eigenvalue weighted by Gasteiger charge is 2.48. The number of aromatic nitrogens is 3. The number of hydrogen-bond donors (Lipinski definition) is 1. The van der Waals surface area contributed by atoms with Crippen molar-refractivity contribution in [2.24, 2.45) is 12.5 Å². The van der Waals surface area contributed by atoms with Crippen molar-refractivity contribution in [3.8, 4) is 0 Å². The Bertz CT molecular complexity index is 358. The van der Waals surface area contributed by atoms with Gasteiger partial charge >= 0.3 is 0 Å². The summed E-state index contributed by atoms with van der Waals surface area (Å²) in [6, 6.07) is 0. The molecule has 1 aliphatic carbocycles. The van der Waals surface area contributed by atoms with Gasteiger partial charge in [0.15, 0.2) is 0 Å². The molecular formula is C11H19N3O. The van der Waals surface area contributed by atoms with Crippen molar-refractivity contribution in [1.29, 1.82) is 0 Å². The van der Waals surface area contributed by atoms with Gasteiger partial charge in [-0.25, -0.2) is 4.68 Å². The molecule has 1 saturated carbocycles. The molecule has 1 heterocycles. The molecule has 1 aliphatic rings. The fraction of sp³-hybridized carbons (Fsp3) is 0.818. The van der Waals surface area contributed by atoms with Crippen molar-refractivity contribution in [3.05, 3.63) is 11.9 Å². The van der Waals surface area contributed by atoms with Gasteiger partial charge in [-0.05, 0) is 18.3 Å². The number of rotatable bonds is 1. The van der Waals surface area contributed by atoms with Crippen molar-refractivity contribution >= 4 is 0 Å². The Morgan fingerprint density at radius 3 is 2.53 bits per heavy atom. The molecule has 1 N–H and O–H groups in total. The zero-order valence-electron chi connectivity index (χ0n) is 9.69. The standard InChI is InChI=1S/C11H19N3O/c1-10(2)6-4-5-7-11(10,15)9-8-12-13-14(9)3/h8,15H,4-7H2,1-3H3. The molecule has 0 spiro atoms. The molecule has 4 nitrogen and oxygen atoms in total. The maximum atomic E-state index is 10.8. The Kier molecular flexibility index (Phi) is 2.34. The summed E-state index contributed by atoms with van der Waals surface area (Å²) in [4.78, 5) is 0. The first-order valence-electron chi connectivity index (χ1n) is 5.55. The SMILES string of the molecule is Cn1nncc1C1(O)CCCCC1(C)C. The number of aliphatic hydroxyl groups is 1. The van der Waals surface area contributed by atoms with Crippen LogP contribution >= 0.6 is 0 Å². The molecule has 0 aromatic carbocycles. The van der Waals surface area contributed by atoms with Gasteiger partial charge in [-0.3, -0.25) is 0 Å². The van der Waals surface area contributed by atoms with E-state index in [1.165, 1.54) is 6.42 Å². The van der Waals surface area contributed by atoms with E-state index >= 15 is 0 Å². The van der Waals surface area contributed by atoms with Crippen molar-refractivity contribution in [3.63, 3.8) is 0 Å². The molecule has 0 amide bonds. The summed E-state index contributed by atoms with van der Waals surface area (Å²) >= 11 is 0. The normalized spacial score (nSPS) is 30.4. The first-order chi connectivity index (χ1) is 6.97. The second-order valence-corrected chi connectivity index (χ2v) is 5.19. The fourth-order valence-electron chi connectivity index (χ4n) is 2.63. The van der Waals surface area contributed by atoms with Gasteiger partial charge in [0, 0.05) is 7.05 Å². The maximum absolute atomic E-state index is 10.8. The lowest BCUT2D eigenvalue weighted by Crippen LogP contribution is -2.45. The minimum atomic E-state index is -0.774. The van der Waals surface area contributed by atoms with Gasteiger partial charge in [0.05, 0.1) is 11.9 Å². The summed E-state index contributed by atoms with van der Waals surface area (Å²) in [5.74, 6) is 0. The summed E-state index contributed by atoms with van der Waals surface area (Å²) < 4.78 is 1.69. The summed E-state index contributed by atoms with van der Waals surface area (Å²) in [7, 11) is 1.84. The van der Waals surface area contributed by atoms with Crippen LogP contribution in [0.15, 0.2) is 6.20 Å². The van der Waals surface area contributed by atoms with E-state index < -0.39 is 5.60 Å². The Morgan fingerprint density at radius 2 is 2.00 bits per heavy atom. The van der Waals surface area contributed by atoms with E-state index in [9.17, 15) is 5.11 Å². The van der Waals surface area contributed by atoms with Crippen LogP contribution in [0.1, 0.15) is 45.2 Å². The van der Waals surface area contributed by atoms with Gasteiger partial charge < -0.3 is 5.11 Å². The van der Waals surface area contributed by atoms with Gasteiger partial charge in [0.1, 0.15) is 5.60 Å². The molecule has 1 aromatic heterocycles. The molecular weight excluding hydrogens is 190 g/mol. The average Bonchev–Trinajstić information content (AvgIpc) is 2.57. The average molecular weight is 209 g/mol. The van der Waals surface area contributed by atoms with Crippen LogP contribution in [0.4, 0.5) is 0 Å². The number of hydrogen-bond acceptors (Lipinski definition) is 3. The molecule has 84 valence electrons. The summed E-state index contributed by atoms with van der Waals surface area (Å²) in [5, 5.41) is 18.6. The van der Waals surface area contributed by atoms with Crippen molar-refractivity contribution in [1.82, 2.24) is 15.0 Å². The highest BCUT2D eigenvalue weighted by Crippen LogP contribution is 2.49. The molecule has 4 heteroatoms. The molecule has 1 unspecified atom stereocenters. The fourth-order valence-corrected chi connectivity index (χ4v) is 2.63. The Balaban J connectivity index is 2.44. The van der Waals surface area contributed by atoms with E-state index in [1.54, 1.807) is 10.9 Å². The lowest BCUT2D eigenvalue weighted by molar-refractivity contribution is -0.109. The van der Waals surface area contributed by atoms with E-state index in [-0.39, 0.29) is 5.41 Å². The first-order valence-corrected chi connectivity index (χ1v) is 5.55. The van der Waals surface area contributed by atoms with Crippen LogP contribution in [0.3, 0.4) is 0 Å². The van der Waals surface area contributed by atoms with Crippen molar-refractivity contribution in [2.45, 2.75) is 45.1 Å². The number of nitrogens with zero attached hydrogens (tertiary/aromatic N) is 3. The summed E-state index contributed by atoms with van der Waals surface area (Å²) in [6.07, 6.45) is 5.81. The molecule has 1 fully saturated rings. The topological polar surface area (TPSA) is 50.9 Å². The van der Waals surface area contributed by atoms with E-state index in [0.29, 0.717) is 0 Å². The third-order valence-electron chi connectivity index (χ3n) is 3.85. The number of aryl methyl sites for hydroxylation is 1. The van der Waals surface area contributed by atoms with Crippen LogP contribution in [-0.4, -0.2) is 20.1 Å². The smallest absolute Gasteiger partial charge is 0.113 e. The van der Waals surface area contributed by atoms with Crippen LogP contribution in [-0.2, 0) is 12.6 Å². The lowest BCUT2D eigenvalue weighted by atomic mass is 9.64. The third-order valence-corrected chi connectivity index (χ3v) is 3.85. The predicted octanol–water partition coefficient (Wildman–Crippen LogP) is 1.60. The molecule has 1 aromatic rings. The molecule has 0 radical (unpaired) electrons. The van der Waals surface area contributed by atoms with Crippen LogP contribution < -0.4 is 0 Å². The highest BCUT2D eigenvalue weighted by molar-refractivity contribution is 5.14. The zero-order valence-corrected chi connectivity index (χ0v) is 9.69. The molecule has 0 saturated heterocycles. The minimum Gasteiger partial charge on any atom is -0.383 e. The van der Waals surface area contributed by atoms with Gasteiger partial charge in [0.25, 0.3) is 0 Å². The molecule has 1 atom stereocenters. The highest BCUT2D eigenvalue weighted by atomic mass is 16.3. The van der Waals surface area contributed by atoms with Gasteiger partial charge in [-0.2, -0.15) is 0 Å². The van der Waals surface area contributed by atoms with E-state index in [2.05, 4.69) is 24.2 Å². The summed E-state index contributed by atoms with van der Waals surface area (Å²) in [5.41, 5.74) is -0.0308. The van der Waals surface area contributed by atoms with E-state index in [4.69, 9.17) is 0 Å². The Labute approximate surface area is 90.3 Å². The molecule has 0 bridgehead atoms. The van der Waals surface area contributed by atoms with E-state index in [0.717, 1.165) is 25.0 Å². The quantitative estimate of drug-likeness (QED) is 0.764. The van der Waals surface area contributed by atoms with Crippen molar-refractivity contribution < 1.29 is 5.11 Å². The monoisotopic (exact) mass is 209 g/mol. The van der Waals surface area contributed by atoms with Gasteiger partial charge in [-0.15, -0.1) is 5.10 Å². The molecule has 15 heavy (non-hydrogen) atoms. The van der Waals surface area contributed by atoms with Crippen LogP contribution in [0, 0.1) is 5.41 Å². The van der Waals surface area contributed by atoms with Crippen LogP contribution in [0.25, 0.3) is 0 Å². The van der Waals surface area contributed by atoms with Crippen LogP contribution in [0.5, 0.6) is 0 Å². The van der Waals surface area contributed by atoms with Gasteiger partial charge in [-0.1, -0.05) is 31.9 Å². The summed E-state index contributed by atoms with van der Waals surface area (Å²) in [6.45, 7) is 4.25. The first kappa shape index (κ1) is 10.6. The largest absolute Gasteiger partial charge is 0.383 e. The third kappa shape index (κ3) is 1.47. The van der Waals surface area contributed by atoms with Crippen molar-refractivity contribution in [2.75, 3.05) is 0 Å². The minimum absolute atomic E-state index is 0.0965. The Morgan fingerprint density at radius 1 is 1.33 bits per heavy atom. The second-order valence-electron chi connectivity index (χ2n) is 5.19. The van der Waals surface area contributed by atoms with Crippen LogP contribution in [0.2, 0.25) is 0 Å². The Hall–Kier alpha value is -0.900. The lowest BCUT2D eigenvalue weighted by Gasteiger charge is -2.46.